The van der Waals surface area contributed by atoms with Crippen molar-refractivity contribution in [1.82, 2.24) is 9.80 Å². The largest absolute Gasteiger partial charge is 0.484 e. The van der Waals surface area contributed by atoms with E-state index in [2.05, 4.69) is 18.2 Å². The van der Waals surface area contributed by atoms with Gasteiger partial charge >= 0.3 is 0 Å². The third kappa shape index (κ3) is 4.82. The average Bonchev–Trinajstić information content (AvgIpc) is 2.92. The first-order valence-electron chi connectivity index (χ1n) is 11.7. The van der Waals surface area contributed by atoms with E-state index in [1.165, 1.54) is 5.56 Å². The van der Waals surface area contributed by atoms with E-state index in [1.54, 1.807) is 0 Å². The minimum atomic E-state index is -0.212. The number of amides is 2. The summed E-state index contributed by atoms with van der Waals surface area (Å²) in [5.74, 6) is 2.67. The molecule has 0 aromatic heterocycles. The van der Waals surface area contributed by atoms with E-state index >= 15 is 0 Å². The van der Waals surface area contributed by atoms with Gasteiger partial charge in [0.1, 0.15) is 5.75 Å². The molecule has 2 aliphatic heterocycles. The SMILES string of the molecule is O=C(COc1ccc2c(c1)C(c1ccccc1)N(C(=O)c1ccccc1)CC2)N1CCSCC1. The van der Waals surface area contributed by atoms with Crippen LogP contribution in [-0.4, -0.2) is 59.4 Å². The number of rotatable bonds is 5. The van der Waals surface area contributed by atoms with Gasteiger partial charge in [-0.25, -0.2) is 0 Å². The Balaban J connectivity index is 1.43. The standard InChI is InChI=1S/C28H28N2O3S/c31-26(29-15-17-34-18-16-29)20-33-24-12-11-21-13-14-30(28(32)23-9-5-2-6-10-23)27(25(21)19-24)22-7-3-1-4-8-22/h1-12,19,27H,13-18,20H2. The van der Waals surface area contributed by atoms with Crippen LogP contribution in [0.25, 0.3) is 0 Å². The maximum atomic E-state index is 13.5. The monoisotopic (exact) mass is 472 g/mol. The third-order valence-electron chi connectivity index (χ3n) is 6.47. The van der Waals surface area contributed by atoms with Gasteiger partial charge in [0, 0.05) is 36.7 Å². The second kappa shape index (κ2) is 10.3. The van der Waals surface area contributed by atoms with Gasteiger partial charge in [-0.3, -0.25) is 9.59 Å². The molecule has 3 aromatic carbocycles. The molecule has 5 rings (SSSR count). The Morgan fingerprint density at radius 2 is 1.59 bits per heavy atom. The maximum Gasteiger partial charge on any atom is 0.260 e. The molecule has 5 nitrogen and oxygen atoms in total. The molecule has 0 saturated carbocycles. The number of benzene rings is 3. The van der Waals surface area contributed by atoms with Crippen LogP contribution in [0, 0.1) is 0 Å². The molecule has 1 unspecified atom stereocenters. The Labute approximate surface area is 204 Å². The molecule has 2 amide bonds. The predicted molar refractivity (Wildman–Crippen MR) is 135 cm³/mol. The molecule has 1 saturated heterocycles. The van der Waals surface area contributed by atoms with Crippen molar-refractivity contribution < 1.29 is 14.3 Å². The van der Waals surface area contributed by atoms with Gasteiger partial charge in [0.2, 0.25) is 0 Å². The Hall–Kier alpha value is -3.25. The predicted octanol–water partition coefficient (Wildman–Crippen LogP) is 4.43. The van der Waals surface area contributed by atoms with Gasteiger partial charge in [-0.1, -0.05) is 54.6 Å². The first-order valence-corrected chi connectivity index (χ1v) is 12.9. The quantitative estimate of drug-likeness (QED) is 0.551. The molecule has 1 atom stereocenters. The van der Waals surface area contributed by atoms with Crippen molar-refractivity contribution >= 4 is 23.6 Å². The van der Waals surface area contributed by atoms with Crippen LogP contribution in [0.4, 0.5) is 0 Å². The lowest BCUT2D eigenvalue weighted by molar-refractivity contribution is -0.133. The van der Waals surface area contributed by atoms with Crippen LogP contribution in [-0.2, 0) is 11.2 Å². The van der Waals surface area contributed by atoms with E-state index < -0.39 is 0 Å². The number of carbonyl (C=O) groups is 2. The summed E-state index contributed by atoms with van der Waals surface area (Å²) in [6, 6.07) is 25.4. The minimum Gasteiger partial charge on any atom is -0.484 e. The zero-order chi connectivity index (χ0) is 23.3. The van der Waals surface area contributed by atoms with Gasteiger partial charge in [-0.2, -0.15) is 11.8 Å². The second-order valence-corrected chi connectivity index (χ2v) is 9.79. The molecule has 0 N–H and O–H groups in total. The Morgan fingerprint density at radius 1 is 0.882 bits per heavy atom. The van der Waals surface area contributed by atoms with Gasteiger partial charge in [0.05, 0.1) is 6.04 Å². The molecule has 34 heavy (non-hydrogen) atoms. The number of ether oxygens (including phenoxy) is 1. The van der Waals surface area contributed by atoms with Crippen molar-refractivity contribution in [3.63, 3.8) is 0 Å². The first-order chi connectivity index (χ1) is 16.7. The number of nitrogens with zero attached hydrogens (tertiary/aromatic N) is 2. The Bertz CT molecular complexity index is 1150. The van der Waals surface area contributed by atoms with Crippen LogP contribution >= 0.6 is 11.8 Å². The van der Waals surface area contributed by atoms with Crippen LogP contribution in [0.3, 0.4) is 0 Å². The van der Waals surface area contributed by atoms with E-state index in [0.717, 1.165) is 42.1 Å². The van der Waals surface area contributed by atoms with Crippen LogP contribution in [0.15, 0.2) is 78.9 Å². The maximum absolute atomic E-state index is 13.5. The number of hydrogen-bond acceptors (Lipinski definition) is 4. The lowest BCUT2D eigenvalue weighted by Gasteiger charge is -2.38. The molecular weight excluding hydrogens is 444 g/mol. The molecule has 0 bridgehead atoms. The van der Waals surface area contributed by atoms with Gasteiger partial charge in [0.15, 0.2) is 6.61 Å². The van der Waals surface area contributed by atoms with Crippen LogP contribution in [0.2, 0.25) is 0 Å². The summed E-state index contributed by atoms with van der Waals surface area (Å²) >= 11 is 1.88. The zero-order valence-corrected chi connectivity index (χ0v) is 19.9. The lowest BCUT2D eigenvalue weighted by atomic mass is 9.87. The van der Waals surface area contributed by atoms with Gasteiger partial charge in [0.25, 0.3) is 11.8 Å². The number of hydrogen-bond donors (Lipinski definition) is 0. The second-order valence-electron chi connectivity index (χ2n) is 8.57. The molecule has 0 radical (unpaired) electrons. The smallest absolute Gasteiger partial charge is 0.260 e. The fourth-order valence-corrected chi connectivity index (χ4v) is 5.60. The Kier molecular flexibility index (Phi) is 6.86. The van der Waals surface area contributed by atoms with Crippen molar-refractivity contribution in [1.29, 1.82) is 0 Å². The average molecular weight is 473 g/mol. The number of carbonyl (C=O) groups excluding carboxylic acids is 2. The fraction of sp³-hybridized carbons (Fsp3) is 0.286. The minimum absolute atomic E-state index is 0.0181. The van der Waals surface area contributed by atoms with Crippen LogP contribution in [0.1, 0.15) is 33.1 Å². The van der Waals surface area contributed by atoms with E-state index in [9.17, 15) is 9.59 Å². The molecule has 0 aliphatic carbocycles. The molecule has 3 aromatic rings. The highest BCUT2D eigenvalue weighted by atomic mass is 32.2. The first kappa shape index (κ1) is 22.5. The van der Waals surface area contributed by atoms with Crippen LogP contribution < -0.4 is 4.74 Å². The normalized spacial score (nSPS) is 17.7. The molecule has 6 heteroatoms. The molecular formula is C28H28N2O3S. The van der Waals surface area contributed by atoms with Crippen LogP contribution in [0.5, 0.6) is 5.75 Å². The molecule has 2 heterocycles. The summed E-state index contributed by atoms with van der Waals surface area (Å²) in [6.07, 6.45) is 0.780. The van der Waals surface area contributed by atoms with Gasteiger partial charge < -0.3 is 14.5 Å². The summed E-state index contributed by atoms with van der Waals surface area (Å²) in [6.45, 7) is 2.24. The summed E-state index contributed by atoms with van der Waals surface area (Å²) in [5.41, 5.74) is 4.01. The molecule has 2 aliphatic rings. The van der Waals surface area contributed by atoms with E-state index in [0.29, 0.717) is 17.9 Å². The van der Waals surface area contributed by atoms with Gasteiger partial charge in [-0.15, -0.1) is 0 Å². The lowest BCUT2D eigenvalue weighted by Crippen LogP contribution is -2.41. The van der Waals surface area contributed by atoms with E-state index in [-0.39, 0.29) is 24.5 Å². The Morgan fingerprint density at radius 3 is 2.32 bits per heavy atom. The van der Waals surface area contributed by atoms with Crippen molar-refractivity contribution in [2.75, 3.05) is 37.7 Å². The van der Waals surface area contributed by atoms with Crippen molar-refractivity contribution in [2.45, 2.75) is 12.5 Å². The van der Waals surface area contributed by atoms with E-state index in [4.69, 9.17) is 4.74 Å². The summed E-state index contributed by atoms with van der Waals surface area (Å²) in [5, 5.41) is 0. The highest BCUT2D eigenvalue weighted by Gasteiger charge is 2.33. The van der Waals surface area contributed by atoms with E-state index in [1.807, 2.05) is 82.2 Å². The summed E-state index contributed by atoms with van der Waals surface area (Å²) in [7, 11) is 0. The summed E-state index contributed by atoms with van der Waals surface area (Å²) in [4.78, 5) is 29.9. The van der Waals surface area contributed by atoms with Crippen molar-refractivity contribution in [3.8, 4) is 5.75 Å². The fourth-order valence-electron chi connectivity index (χ4n) is 4.69. The van der Waals surface area contributed by atoms with Crippen molar-refractivity contribution in [2.24, 2.45) is 0 Å². The van der Waals surface area contributed by atoms with Crippen molar-refractivity contribution in [3.05, 3.63) is 101 Å². The molecule has 1 fully saturated rings. The topological polar surface area (TPSA) is 49.9 Å². The number of fused-ring (bicyclic) bond motifs is 1. The molecule has 0 spiro atoms. The summed E-state index contributed by atoms with van der Waals surface area (Å²) < 4.78 is 5.95. The number of thioether (sulfide) groups is 1. The molecule has 174 valence electrons. The van der Waals surface area contributed by atoms with Gasteiger partial charge in [-0.05, 0) is 47.4 Å². The highest BCUT2D eigenvalue weighted by Crippen LogP contribution is 2.38. The zero-order valence-electron chi connectivity index (χ0n) is 19.1. The highest BCUT2D eigenvalue weighted by molar-refractivity contribution is 7.99. The third-order valence-corrected chi connectivity index (χ3v) is 7.41.